The molecule has 0 unspecified atom stereocenters. The number of nitrogens with zero attached hydrogens (tertiary/aromatic N) is 1. The van der Waals surface area contributed by atoms with Gasteiger partial charge >= 0.3 is 0 Å². The van der Waals surface area contributed by atoms with Crippen LogP contribution in [0.25, 0.3) is 0 Å². The lowest BCUT2D eigenvalue weighted by Crippen LogP contribution is -2.42. The van der Waals surface area contributed by atoms with E-state index in [2.05, 4.69) is 24.1 Å². The summed E-state index contributed by atoms with van der Waals surface area (Å²) in [6.07, 6.45) is 5.91. The van der Waals surface area contributed by atoms with E-state index in [-0.39, 0.29) is 5.91 Å². The number of anilines is 1. The molecule has 1 fully saturated rings. The lowest BCUT2D eigenvalue weighted by Gasteiger charge is -2.37. The van der Waals surface area contributed by atoms with Crippen molar-refractivity contribution >= 4 is 23.2 Å². The van der Waals surface area contributed by atoms with Crippen LogP contribution < -0.4 is 10.1 Å². The van der Waals surface area contributed by atoms with Gasteiger partial charge in [-0.3, -0.25) is 4.79 Å². The van der Waals surface area contributed by atoms with Gasteiger partial charge in [0.2, 0.25) is 5.91 Å². The number of carbonyl (C=O) groups is 1. The topological polar surface area (TPSA) is 41.6 Å². The highest BCUT2D eigenvalue weighted by atomic mass is 35.5. The van der Waals surface area contributed by atoms with Gasteiger partial charge < -0.3 is 15.0 Å². The maximum atomic E-state index is 13.5. The lowest BCUT2D eigenvalue weighted by molar-refractivity contribution is -0.122. The number of rotatable bonds is 10. The molecule has 1 amide bonds. The van der Waals surface area contributed by atoms with Crippen LogP contribution in [0.1, 0.15) is 57.9 Å². The Hall–Kier alpha value is -2.04. The Morgan fingerprint density at radius 3 is 2.35 bits per heavy atom. The van der Waals surface area contributed by atoms with Crippen LogP contribution in [0.4, 0.5) is 5.69 Å². The molecule has 0 atom stereocenters. The van der Waals surface area contributed by atoms with Crippen molar-refractivity contribution in [3.05, 3.63) is 59.1 Å². The van der Waals surface area contributed by atoms with Crippen LogP contribution >= 0.6 is 11.6 Å². The molecular formula is C26H35ClN2O2. The minimum Gasteiger partial charge on any atom is -0.494 e. The number of carbonyl (C=O) groups excluding carboxylic acids is 1. The van der Waals surface area contributed by atoms with Gasteiger partial charge in [-0.2, -0.15) is 0 Å². The van der Waals surface area contributed by atoms with Gasteiger partial charge in [0.25, 0.3) is 0 Å². The first kappa shape index (κ1) is 23.6. The van der Waals surface area contributed by atoms with E-state index in [4.69, 9.17) is 16.3 Å². The van der Waals surface area contributed by atoms with Gasteiger partial charge in [-0.15, -0.1) is 0 Å². The van der Waals surface area contributed by atoms with Crippen molar-refractivity contribution in [1.82, 2.24) is 4.90 Å². The van der Waals surface area contributed by atoms with Crippen LogP contribution in [0.15, 0.2) is 48.5 Å². The molecule has 1 aliphatic carbocycles. The minimum atomic E-state index is -0.559. The molecule has 0 bridgehead atoms. The molecule has 2 aromatic rings. The van der Waals surface area contributed by atoms with Crippen molar-refractivity contribution in [1.29, 1.82) is 0 Å². The van der Waals surface area contributed by atoms with E-state index in [0.29, 0.717) is 11.6 Å². The molecule has 31 heavy (non-hydrogen) atoms. The first-order chi connectivity index (χ1) is 15.1. The van der Waals surface area contributed by atoms with Crippen LogP contribution in [0.2, 0.25) is 5.02 Å². The van der Waals surface area contributed by atoms with Crippen LogP contribution in [0, 0.1) is 0 Å². The zero-order chi connectivity index (χ0) is 22.1. The molecule has 5 heteroatoms. The fourth-order valence-corrected chi connectivity index (χ4v) is 4.84. The van der Waals surface area contributed by atoms with E-state index in [1.807, 2.05) is 48.5 Å². The number of nitrogens with one attached hydrogen (secondary N) is 1. The predicted octanol–water partition coefficient (Wildman–Crippen LogP) is 6.29. The highest BCUT2D eigenvalue weighted by Gasteiger charge is 2.42. The summed E-state index contributed by atoms with van der Waals surface area (Å²) in [5.74, 6) is 0.865. The van der Waals surface area contributed by atoms with Gasteiger partial charge in [0.15, 0.2) is 0 Å². The van der Waals surface area contributed by atoms with E-state index in [1.54, 1.807) is 0 Å². The maximum Gasteiger partial charge on any atom is 0.235 e. The fourth-order valence-electron chi connectivity index (χ4n) is 4.53. The number of halogens is 1. The summed E-state index contributed by atoms with van der Waals surface area (Å²) in [5, 5.41) is 3.82. The summed E-state index contributed by atoms with van der Waals surface area (Å²) < 4.78 is 5.87. The van der Waals surface area contributed by atoms with E-state index in [0.717, 1.165) is 68.7 Å². The summed E-state index contributed by atoms with van der Waals surface area (Å²) in [4.78, 5) is 15.8. The smallest absolute Gasteiger partial charge is 0.235 e. The van der Waals surface area contributed by atoms with Gasteiger partial charge in [0.1, 0.15) is 5.75 Å². The molecule has 168 valence electrons. The molecule has 0 radical (unpaired) electrons. The third kappa shape index (κ3) is 6.02. The summed E-state index contributed by atoms with van der Waals surface area (Å²) in [6, 6.07) is 15.5. The van der Waals surface area contributed by atoms with E-state index in [1.165, 1.54) is 6.42 Å². The zero-order valence-electron chi connectivity index (χ0n) is 18.8. The number of hydrogen-bond acceptors (Lipinski definition) is 3. The van der Waals surface area contributed by atoms with Crippen LogP contribution in [-0.4, -0.2) is 37.0 Å². The molecule has 0 aromatic heterocycles. The SMILES string of the molecule is CCN(CC)CCCOc1ccc(NC(=O)C2(c3ccccc3Cl)CCCCC2)cc1. The Labute approximate surface area is 191 Å². The maximum absolute atomic E-state index is 13.5. The Morgan fingerprint density at radius 1 is 1.03 bits per heavy atom. The Kier molecular flexibility index (Phi) is 8.79. The summed E-state index contributed by atoms with van der Waals surface area (Å²) in [5.41, 5.74) is 1.18. The normalized spacial score (nSPS) is 15.6. The molecule has 1 N–H and O–H groups in total. The quantitative estimate of drug-likeness (QED) is 0.439. The second-order valence-corrected chi connectivity index (χ2v) is 8.74. The molecule has 0 aliphatic heterocycles. The zero-order valence-corrected chi connectivity index (χ0v) is 19.6. The minimum absolute atomic E-state index is 0.0354. The summed E-state index contributed by atoms with van der Waals surface area (Å²) in [7, 11) is 0. The van der Waals surface area contributed by atoms with E-state index < -0.39 is 5.41 Å². The average molecular weight is 443 g/mol. The highest BCUT2D eigenvalue weighted by Crippen LogP contribution is 2.43. The largest absolute Gasteiger partial charge is 0.494 e. The lowest BCUT2D eigenvalue weighted by atomic mass is 9.68. The molecule has 3 rings (SSSR count). The van der Waals surface area contributed by atoms with E-state index >= 15 is 0 Å². The van der Waals surface area contributed by atoms with Crippen LogP contribution in [0.3, 0.4) is 0 Å². The second-order valence-electron chi connectivity index (χ2n) is 8.33. The van der Waals surface area contributed by atoms with Crippen molar-refractivity contribution in [2.75, 3.05) is 31.6 Å². The average Bonchev–Trinajstić information content (AvgIpc) is 2.81. The van der Waals surface area contributed by atoms with Gasteiger partial charge in [-0.1, -0.05) is 62.9 Å². The fraction of sp³-hybridized carbons (Fsp3) is 0.500. The third-order valence-electron chi connectivity index (χ3n) is 6.43. The Morgan fingerprint density at radius 2 is 1.71 bits per heavy atom. The van der Waals surface area contributed by atoms with Crippen molar-refractivity contribution < 1.29 is 9.53 Å². The monoisotopic (exact) mass is 442 g/mol. The third-order valence-corrected chi connectivity index (χ3v) is 6.75. The van der Waals surface area contributed by atoms with Gasteiger partial charge in [-0.05, 0) is 68.2 Å². The van der Waals surface area contributed by atoms with Gasteiger partial charge in [-0.25, -0.2) is 0 Å². The molecular weight excluding hydrogens is 408 g/mol. The van der Waals surface area contributed by atoms with Gasteiger partial charge in [0.05, 0.1) is 12.0 Å². The second kappa shape index (κ2) is 11.5. The van der Waals surface area contributed by atoms with Crippen molar-refractivity contribution in [2.24, 2.45) is 0 Å². The Balaban J connectivity index is 1.62. The molecule has 0 saturated heterocycles. The number of amides is 1. The number of benzene rings is 2. The summed E-state index contributed by atoms with van der Waals surface area (Å²) in [6.45, 7) is 8.24. The first-order valence-corrected chi connectivity index (χ1v) is 12.0. The highest BCUT2D eigenvalue weighted by molar-refractivity contribution is 6.31. The number of hydrogen-bond donors (Lipinski definition) is 1. The van der Waals surface area contributed by atoms with Crippen LogP contribution in [0.5, 0.6) is 5.75 Å². The van der Waals surface area contributed by atoms with Crippen molar-refractivity contribution in [2.45, 2.75) is 57.8 Å². The van der Waals surface area contributed by atoms with Crippen molar-refractivity contribution in [3.8, 4) is 5.75 Å². The molecule has 1 aliphatic rings. The molecule has 2 aromatic carbocycles. The summed E-state index contributed by atoms with van der Waals surface area (Å²) >= 11 is 6.51. The molecule has 0 spiro atoms. The molecule has 0 heterocycles. The first-order valence-electron chi connectivity index (χ1n) is 11.6. The van der Waals surface area contributed by atoms with E-state index in [9.17, 15) is 4.79 Å². The predicted molar refractivity (Wildman–Crippen MR) is 129 cm³/mol. The molecule has 4 nitrogen and oxygen atoms in total. The Bertz CT molecular complexity index is 828. The number of ether oxygens (including phenoxy) is 1. The van der Waals surface area contributed by atoms with Crippen molar-refractivity contribution in [3.63, 3.8) is 0 Å². The molecule has 1 saturated carbocycles. The van der Waals surface area contributed by atoms with Gasteiger partial charge in [0, 0.05) is 17.3 Å². The standard InChI is InChI=1S/C26H35ClN2O2/c1-3-29(4-2)19-10-20-31-22-15-13-21(14-16-22)28-25(30)26(17-8-5-9-18-26)23-11-6-7-12-24(23)27/h6-7,11-16H,3-5,8-10,17-20H2,1-2H3,(H,28,30). The van der Waals surface area contributed by atoms with Crippen LogP contribution in [-0.2, 0) is 10.2 Å².